The van der Waals surface area contributed by atoms with Crippen molar-refractivity contribution in [2.24, 2.45) is 0 Å². The average molecular weight is 485 g/mol. The van der Waals surface area contributed by atoms with Crippen molar-refractivity contribution in [3.8, 4) is 5.69 Å². The van der Waals surface area contributed by atoms with E-state index in [4.69, 9.17) is 4.74 Å². The van der Waals surface area contributed by atoms with Gasteiger partial charge in [-0.3, -0.25) is 15.0 Å². The quantitative estimate of drug-likeness (QED) is 0.436. The summed E-state index contributed by atoms with van der Waals surface area (Å²) in [7, 11) is 3.92. The Hall–Kier alpha value is -4.21. The fourth-order valence-electron chi connectivity index (χ4n) is 4.07. The summed E-state index contributed by atoms with van der Waals surface area (Å²) in [4.78, 5) is 27.2. The lowest BCUT2D eigenvalue weighted by atomic mass is 10.1. The van der Waals surface area contributed by atoms with Gasteiger partial charge in [-0.15, -0.1) is 0 Å². The number of nitrogens with one attached hydrogen (secondary N) is 2. The maximum atomic E-state index is 12.7. The maximum absolute atomic E-state index is 12.7. The molecule has 9 nitrogen and oxygen atoms in total. The Kier molecular flexibility index (Phi) is 6.66. The molecule has 0 bridgehead atoms. The lowest BCUT2D eigenvalue weighted by molar-refractivity contribution is 0.0126. The number of aromatic nitrogens is 2. The Morgan fingerprint density at radius 3 is 2.25 bits per heavy atom. The number of hydrogen-bond acceptors (Lipinski definition) is 6. The standard InChI is InChI=1S/C27H28N6O3/c1-31(2)23-8-3-19(4-9-23)26(34)29-22-7-12-25-21(17-22)18-28-33(25)24-10-5-20(6-11-24)27(35)30-32-13-15-36-16-14-32/h3-12,17-18H,13-16H2,1-2H3,(H,29,34)(H,30,35). The number of nitrogens with zero attached hydrogens (tertiary/aromatic N) is 4. The molecule has 36 heavy (non-hydrogen) atoms. The predicted molar refractivity (Wildman–Crippen MR) is 140 cm³/mol. The highest BCUT2D eigenvalue weighted by atomic mass is 16.5. The van der Waals surface area contributed by atoms with E-state index in [0.29, 0.717) is 43.1 Å². The maximum Gasteiger partial charge on any atom is 0.265 e. The van der Waals surface area contributed by atoms with Gasteiger partial charge in [0.15, 0.2) is 0 Å². The highest BCUT2D eigenvalue weighted by Gasteiger charge is 2.15. The van der Waals surface area contributed by atoms with Crippen molar-refractivity contribution in [1.29, 1.82) is 0 Å². The number of fused-ring (bicyclic) bond motifs is 1. The first-order valence-corrected chi connectivity index (χ1v) is 11.8. The first-order valence-electron chi connectivity index (χ1n) is 11.8. The van der Waals surface area contributed by atoms with E-state index in [0.717, 1.165) is 22.3 Å². The first-order chi connectivity index (χ1) is 17.5. The fraction of sp³-hybridized carbons (Fsp3) is 0.222. The van der Waals surface area contributed by atoms with Crippen LogP contribution in [-0.4, -0.2) is 67.0 Å². The van der Waals surface area contributed by atoms with Crippen LogP contribution in [0.4, 0.5) is 11.4 Å². The van der Waals surface area contributed by atoms with E-state index >= 15 is 0 Å². The predicted octanol–water partition coefficient (Wildman–Crippen LogP) is 3.32. The molecule has 1 aromatic heterocycles. The molecule has 2 N–H and O–H groups in total. The van der Waals surface area contributed by atoms with Gasteiger partial charge in [-0.25, -0.2) is 9.69 Å². The zero-order valence-corrected chi connectivity index (χ0v) is 20.3. The summed E-state index contributed by atoms with van der Waals surface area (Å²) in [6.07, 6.45) is 1.76. The monoisotopic (exact) mass is 484 g/mol. The van der Waals surface area contributed by atoms with Gasteiger partial charge in [0.05, 0.1) is 30.6 Å². The van der Waals surface area contributed by atoms with Crippen molar-refractivity contribution in [2.45, 2.75) is 0 Å². The summed E-state index contributed by atoms with van der Waals surface area (Å²) in [6, 6.07) is 20.4. The molecule has 1 aliphatic heterocycles. The van der Waals surface area contributed by atoms with Crippen molar-refractivity contribution in [1.82, 2.24) is 20.2 Å². The van der Waals surface area contributed by atoms with E-state index in [9.17, 15) is 9.59 Å². The van der Waals surface area contributed by atoms with Crippen LogP contribution in [0.15, 0.2) is 72.9 Å². The lowest BCUT2D eigenvalue weighted by Gasteiger charge is -2.26. The smallest absolute Gasteiger partial charge is 0.265 e. The van der Waals surface area contributed by atoms with Crippen molar-refractivity contribution in [3.05, 3.63) is 84.1 Å². The van der Waals surface area contributed by atoms with Crippen LogP contribution in [-0.2, 0) is 4.74 Å². The second-order valence-corrected chi connectivity index (χ2v) is 8.81. The van der Waals surface area contributed by atoms with Crippen LogP contribution in [0.5, 0.6) is 0 Å². The van der Waals surface area contributed by atoms with E-state index in [-0.39, 0.29) is 11.8 Å². The summed E-state index contributed by atoms with van der Waals surface area (Å²) in [5, 5.41) is 10.2. The van der Waals surface area contributed by atoms with E-state index in [1.165, 1.54) is 0 Å². The largest absolute Gasteiger partial charge is 0.379 e. The third-order valence-electron chi connectivity index (χ3n) is 6.12. The third kappa shape index (κ3) is 5.07. The zero-order valence-electron chi connectivity index (χ0n) is 20.3. The minimum atomic E-state index is -0.169. The molecule has 0 spiro atoms. The summed E-state index contributed by atoms with van der Waals surface area (Å²) < 4.78 is 7.12. The SMILES string of the molecule is CN(C)c1ccc(C(=O)Nc2ccc3c(cnn3-c3ccc(C(=O)NN4CCOCC4)cc3)c2)cc1. The van der Waals surface area contributed by atoms with Crippen molar-refractivity contribution >= 4 is 34.1 Å². The summed E-state index contributed by atoms with van der Waals surface area (Å²) in [5.41, 5.74) is 7.54. The number of hydrazine groups is 1. The molecule has 184 valence electrons. The van der Waals surface area contributed by atoms with E-state index in [1.807, 2.05) is 83.3 Å². The Morgan fingerprint density at radius 2 is 1.56 bits per heavy atom. The van der Waals surface area contributed by atoms with Gasteiger partial charge in [0.2, 0.25) is 0 Å². The third-order valence-corrected chi connectivity index (χ3v) is 6.12. The molecule has 5 rings (SSSR count). The second-order valence-electron chi connectivity index (χ2n) is 8.81. The molecule has 1 saturated heterocycles. The molecular weight excluding hydrogens is 456 g/mol. The highest BCUT2D eigenvalue weighted by Crippen LogP contribution is 2.23. The Labute approximate surface area is 209 Å². The zero-order chi connectivity index (χ0) is 25.1. The van der Waals surface area contributed by atoms with Crippen molar-refractivity contribution < 1.29 is 14.3 Å². The minimum absolute atomic E-state index is 0.148. The topological polar surface area (TPSA) is 91.7 Å². The summed E-state index contributed by atoms with van der Waals surface area (Å²) in [5.74, 6) is -0.316. The van der Waals surface area contributed by atoms with Gasteiger partial charge in [-0.2, -0.15) is 5.10 Å². The Bertz CT molecular complexity index is 1370. The lowest BCUT2D eigenvalue weighted by Crippen LogP contribution is -2.48. The van der Waals surface area contributed by atoms with Crippen LogP contribution in [0.2, 0.25) is 0 Å². The first kappa shape index (κ1) is 23.5. The van der Waals surface area contributed by atoms with Crippen LogP contribution in [0.3, 0.4) is 0 Å². The van der Waals surface area contributed by atoms with Crippen molar-refractivity contribution in [3.63, 3.8) is 0 Å². The second kappa shape index (κ2) is 10.2. The average Bonchev–Trinajstić information content (AvgIpc) is 3.32. The molecule has 9 heteroatoms. The highest BCUT2D eigenvalue weighted by molar-refractivity contribution is 6.05. The van der Waals surface area contributed by atoms with Crippen LogP contribution < -0.4 is 15.6 Å². The van der Waals surface area contributed by atoms with Crippen LogP contribution in [0, 0.1) is 0 Å². The van der Waals surface area contributed by atoms with Gasteiger partial charge >= 0.3 is 0 Å². The molecule has 2 amide bonds. The molecule has 4 aromatic rings. The molecule has 1 fully saturated rings. The molecular formula is C27H28N6O3. The van der Waals surface area contributed by atoms with Gasteiger partial charge < -0.3 is 15.0 Å². The molecule has 3 aromatic carbocycles. The van der Waals surface area contributed by atoms with E-state index in [1.54, 1.807) is 18.3 Å². The molecule has 1 aliphatic rings. The number of ether oxygens (including phenoxy) is 1. The molecule has 0 radical (unpaired) electrons. The number of hydrogen-bond donors (Lipinski definition) is 2. The number of carbonyl (C=O) groups excluding carboxylic acids is 2. The van der Waals surface area contributed by atoms with Gasteiger partial charge in [0, 0.05) is 55.1 Å². The number of rotatable bonds is 6. The Morgan fingerprint density at radius 1 is 0.889 bits per heavy atom. The molecule has 2 heterocycles. The minimum Gasteiger partial charge on any atom is -0.379 e. The van der Waals surface area contributed by atoms with E-state index in [2.05, 4.69) is 15.8 Å². The Balaban J connectivity index is 1.28. The summed E-state index contributed by atoms with van der Waals surface area (Å²) in [6.45, 7) is 2.57. The van der Waals surface area contributed by atoms with Gasteiger partial charge in [0.1, 0.15) is 0 Å². The molecule has 0 atom stereocenters. The van der Waals surface area contributed by atoms with Crippen LogP contribution in [0.1, 0.15) is 20.7 Å². The number of morpholine rings is 1. The van der Waals surface area contributed by atoms with E-state index < -0.39 is 0 Å². The molecule has 0 aliphatic carbocycles. The molecule has 0 unspecified atom stereocenters. The number of anilines is 2. The van der Waals surface area contributed by atoms with Crippen molar-refractivity contribution in [2.75, 3.05) is 50.6 Å². The number of amides is 2. The number of benzene rings is 3. The van der Waals surface area contributed by atoms with Crippen LogP contribution in [0.25, 0.3) is 16.6 Å². The fourth-order valence-corrected chi connectivity index (χ4v) is 4.07. The van der Waals surface area contributed by atoms with Crippen LogP contribution >= 0.6 is 0 Å². The normalized spacial score (nSPS) is 13.9. The van der Waals surface area contributed by atoms with Gasteiger partial charge in [-0.1, -0.05) is 0 Å². The van der Waals surface area contributed by atoms with Gasteiger partial charge in [0.25, 0.3) is 11.8 Å². The molecule has 0 saturated carbocycles. The van der Waals surface area contributed by atoms with Gasteiger partial charge in [-0.05, 0) is 66.7 Å². The summed E-state index contributed by atoms with van der Waals surface area (Å²) >= 11 is 0. The number of carbonyl (C=O) groups is 2.